The van der Waals surface area contributed by atoms with Crippen molar-refractivity contribution in [2.45, 2.75) is 55.6 Å². The van der Waals surface area contributed by atoms with Crippen LogP contribution in [-0.4, -0.2) is 43.9 Å². The highest BCUT2D eigenvalue weighted by Crippen LogP contribution is 2.38. The summed E-state index contributed by atoms with van der Waals surface area (Å²) in [6.07, 6.45) is -2.72. The molecule has 1 aromatic carbocycles. The number of piperidine rings is 1. The highest BCUT2D eigenvalue weighted by molar-refractivity contribution is 7.89. The minimum absolute atomic E-state index is 0.0655. The van der Waals surface area contributed by atoms with Crippen molar-refractivity contribution in [2.75, 3.05) is 13.1 Å². The van der Waals surface area contributed by atoms with Crippen LogP contribution in [0, 0.1) is 11.8 Å². The quantitative estimate of drug-likeness (QED) is 0.674. The standard InChI is InChI=1S/C19H23Cl2F3N2O3S/c20-14-4-5-16(21)17(11-14)30(28,29)26-8-6-12(7-9-26)18(27)25-15-3-1-2-13(10-15)19(22,23)24/h4-5,11-13,15H,1-3,6-10H2,(H,25,27). The van der Waals surface area contributed by atoms with Gasteiger partial charge in [-0.05, 0) is 50.3 Å². The molecule has 1 aliphatic heterocycles. The smallest absolute Gasteiger partial charge is 0.353 e. The average Bonchev–Trinajstić information content (AvgIpc) is 2.69. The number of nitrogens with one attached hydrogen (secondary N) is 1. The lowest BCUT2D eigenvalue weighted by Crippen LogP contribution is -2.47. The van der Waals surface area contributed by atoms with Crippen LogP contribution in [-0.2, 0) is 14.8 Å². The second-order valence-corrected chi connectivity index (χ2v) is 10.6. The highest BCUT2D eigenvalue weighted by atomic mass is 35.5. The zero-order valence-corrected chi connectivity index (χ0v) is 18.4. The van der Waals surface area contributed by atoms with Gasteiger partial charge in [0.25, 0.3) is 0 Å². The fraction of sp³-hybridized carbons (Fsp3) is 0.632. The first-order valence-corrected chi connectivity index (χ1v) is 12.0. The summed E-state index contributed by atoms with van der Waals surface area (Å²) >= 11 is 11.9. The predicted octanol–water partition coefficient (Wildman–Crippen LogP) is 4.63. The minimum atomic E-state index is -4.25. The third kappa shape index (κ3) is 5.41. The number of rotatable bonds is 4. The topological polar surface area (TPSA) is 66.5 Å². The third-order valence-corrected chi connectivity index (χ3v) is 8.43. The molecule has 11 heteroatoms. The number of sulfonamides is 1. The molecule has 0 aromatic heterocycles. The molecule has 0 radical (unpaired) electrons. The van der Waals surface area contributed by atoms with Crippen LogP contribution >= 0.6 is 23.2 Å². The van der Waals surface area contributed by atoms with Gasteiger partial charge in [0.1, 0.15) is 4.90 Å². The number of benzene rings is 1. The second-order valence-electron chi connectivity index (χ2n) is 7.86. The number of carbonyl (C=O) groups excluding carboxylic acids is 1. The van der Waals surface area contributed by atoms with E-state index in [1.807, 2.05) is 0 Å². The van der Waals surface area contributed by atoms with Gasteiger partial charge in [-0.25, -0.2) is 8.42 Å². The van der Waals surface area contributed by atoms with E-state index in [4.69, 9.17) is 23.2 Å². The molecule has 2 atom stereocenters. The van der Waals surface area contributed by atoms with Gasteiger partial charge in [0.2, 0.25) is 15.9 Å². The van der Waals surface area contributed by atoms with Crippen LogP contribution in [0.4, 0.5) is 13.2 Å². The molecule has 1 heterocycles. The number of nitrogens with zero attached hydrogens (tertiary/aromatic N) is 1. The molecule has 0 bridgehead atoms. The Labute approximate surface area is 183 Å². The first-order valence-electron chi connectivity index (χ1n) is 9.81. The van der Waals surface area contributed by atoms with Crippen molar-refractivity contribution in [2.24, 2.45) is 11.8 Å². The highest BCUT2D eigenvalue weighted by Gasteiger charge is 2.43. The third-order valence-electron chi connectivity index (χ3n) is 5.82. The molecular weight excluding hydrogens is 464 g/mol. The molecule has 5 nitrogen and oxygen atoms in total. The van der Waals surface area contributed by atoms with Gasteiger partial charge in [-0.3, -0.25) is 4.79 Å². The number of halogens is 5. The Bertz CT molecular complexity index is 888. The van der Waals surface area contributed by atoms with E-state index in [0.29, 0.717) is 25.7 Å². The first-order chi connectivity index (χ1) is 14.0. The first kappa shape index (κ1) is 23.6. The van der Waals surface area contributed by atoms with Crippen molar-refractivity contribution in [1.29, 1.82) is 0 Å². The molecule has 3 rings (SSSR count). The zero-order valence-electron chi connectivity index (χ0n) is 16.1. The van der Waals surface area contributed by atoms with Crippen molar-refractivity contribution >= 4 is 39.1 Å². The Morgan fingerprint density at radius 2 is 1.77 bits per heavy atom. The minimum Gasteiger partial charge on any atom is -0.353 e. The summed E-state index contributed by atoms with van der Waals surface area (Å²) in [6, 6.07) is 3.70. The lowest BCUT2D eigenvalue weighted by atomic mass is 9.84. The van der Waals surface area contributed by atoms with Gasteiger partial charge in [0.15, 0.2) is 0 Å². The molecule has 168 valence electrons. The van der Waals surface area contributed by atoms with Gasteiger partial charge < -0.3 is 5.32 Å². The number of amides is 1. The van der Waals surface area contributed by atoms with Crippen molar-refractivity contribution in [3.8, 4) is 0 Å². The van der Waals surface area contributed by atoms with E-state index >= 15 is 0 Å². The van der Waals surface area contributed by atoms with Gasteiger partial charge in [-0.15, -0.1) is 0 Å². The molecule has 1 N–H and O–H groups in total. The Morgan fingerprint density at radius 3 is 2.40 bits per heavy atom. The zero-order chi connectivity index (χ0) is 22.1. The summed E-state index contributed by atoms with van der Waals surface area (Å²) < 4.78 is 65.9. The Morgan fingerprint density at radius 1 is 1.10 bits per heavy atom. The molecule has 1 saturated carbocycles. The maximum Gasteiger partial charge on any atom is 0.391 e. The summed E-state index contributed by atoms with van der Waals surface area (Å²) in [5.41, 5.74) is 0. The number of alkyl halides is 3. The van der Waals surface area contributed by atoms with Crippen LogP contribution in [0.2, 0.25) is 10.0 Å². The summed E-state index contributed by atoms with van der Waals surface area (Å²) in [4.78, 5) is 12.5. The van der Waals surface area contributed by atoms with E-state index in [-0.39, 0.29) is 46.8 Å². The van der Waals surface area contributed by atoms with E-state index in [1.54, 1.807) is 0 Å². The monoisotopic (exact) mass is 486 g/mol. The van der Waals surface area contributed by atoms with Crippen molar-refractivity contribution in [1.82, 2.24) is 9.62 Å². The van der Waals surface area contributed by atoms with Crippen molar-refractivity contribution in [3.05, 3.63) is 28.2 Å². The summed E-state index contributed by atoms with van der Waals surface area (Å²) in [6.45, 7) is 0.248. The van der Waals surface area contributed by atoms with Crippen LogP contribution in [0.1, 0.15) is 38.5 Å². The van der Waals surface area contributed by atoms with Crippen molar-refractivity contribution in [3.63, 3.8) is 0 Å². The number of hydrogen-bond donors (Lipinski definition) is 1. The molecule has 1 aromatic rings. The van der Waals surface area contributed by atoms with Gasteiger partial charge in [-0.1, -0.05) is 29.6 Å². The molecule has 2 aliphatic rings. The van der Waals surface area contributed by atoms with Crippen LogP contribution in [0.15, 0.2) is 23.1 Å². The van der Waals surface area contributed by atoms with E-state index in [0.717, 1.165) is 0 Å². The molecule has 1 amide bonds. The lowest BCUT2D eigenvalue weighted by Gasteiger charge is -2.34. The maximum atomic E-state index is 13.0. The van der Waals surface area contributed by atoms with E-state index in [1.165, 1.54) is 22.5 Å². The normalized spacial score (nSPS) is 24.6. The molecule has 2 fully saturated rings. The largest absolute Gasteiger partial charge is 0.391 e. The Balaban J connectivity index is 1.57. The fourth-order valence-electron chi connectivity index (χ4n) is 4.11. The molecule has 1 aliphatic carbocycles. The number of hydrogen-bond acceptors (Lipinski definition) is 3. The second kappa shape index (κ2) is 9.22. The molecule has 2 unspecified atom stereocenters. The molecule has 30 heavy (non-hydrogen) atoms. The van der Waals surface area contributed by atoms with Crippen LogP contribution in [0.25, 0.3) is 0 Å². The van der Waals surface area contributed by atoms with Crippen LogP contribution in [0.3, 0.4) is 0 Å². The van der Waals surface area contributed by atoms with Gasteiger partial charge in [-0.2, -0.15) is 17.5 Å². The van der Waals surface area contributed by atoms with E-state index in [2.05, 4.69) is 5.32 Å². The van der Waals surface area contributed by atoms with Crippen LogP contribution in [0.5, 0.6) is 0 Å². The molecular formula is C19H23Cl2F3N2O3S. The Hall–Kier alpha value is -1.03. The van der Waals surface area contributed by atoms with Gasteiger partial charge >= 0.3 is 6.18 Å². The Kier molecular flexibility index (Phi) is 7.26. The van der Waals surface area contributed by atoms with Crippen LogP contribution < -0.4 is 5.32 Å². The van der Waals surface area contributed by atoms with E-state index in [9.17, 15) is 26.4 Å². The van der Waals surface area contributed by atoms with Gasteiger partial charge in [0.05, 0.1) is 10.9 Å². The molecule has 1 saturated heterocycles. The fourth-order valence-corrected chi connectivity index (χ4v) is 6.32. The lowest BCUT2D eigenvalue weighted by molar-refractivity contribution is -0.184. The average molecular weight is 487 g/mol. The summed E-state index contributed by atoms with van der Waals surface area (Å²) in [7, 11) is -3.85. The summed E-state index contributed by atoms with van der Waals surface area (Å²) in [5.74, 6) is -2.12. The van der Waals surface area contributed by atoms with Gasteiger partial charge in [0, 0.05) is 30.1 Å². The molecule has 0 spiro atoms. The number of carbonyl (C=O) groups is 1. The van der Waals surface area contributed by atoms with E-state index < -0.39 is 34.1 Å². The maximum absolute atomic E-state index is 13.0. The summed E-state index contributed by atoms with van der Waals surface area (Å²) in [5, 5.41) is 3.06. The SMILES string of the molecule is O=C(NC1CCCC(C(F)(F)F)C1)C1CCN(S(=O)(=O)c2cc(Cl)ccc2Cl)CC1. The predicted molar refractivity (Wildman–Crippen MR) is 108 cm³/mol. The van der Waals surface area contributed by atoms with Crippen molar-refractivity contribution < 1.29 is 26.4 Å².